The van der Waals surface area contributed by atoms with Gasteiger partial charge in [0, 0.05) is 38.3 Å². The van der Waals surface area contributed by atoms with E-state index in [-0.39, 0.29) is 5.91 Å². The van der Waals surface area contributed by atoms with Crippen LogP contribution in [0.5, 0.6) is 0 Å². The molecule has 3 rings (SSSR count). The molecule has 2 aliphatic heterocycles. The van der Waals surface area contributed by atoms with E-state index < -0.39 is 0 Å². The molecule has 2 N–H and O–H groups in total. The van der Waals surface area contributed by atoms with E-state index in [1.807, 2.05) is 17.0 Å². The lowest BCUT2D eigenvalue weighted by atomic mass is 9.98. The number of aliphatic imine (C=N–C) groups is 1. The Morgan fingerprint density at radius 1 is 1.14 bits per heavy atom. The van der Waals surface area contributed by atoms with Gasteiger partial charge in [-0.25, -0.2) is 4.99 Å². The lowest BCUT2D eigenvalue weighted by molar-refractivity contribution is -0.117. The van der Waals surface area contributed by atoms with Crippen molar-refractivity contribution < 1.29 is 4.79 Å². The van der Waals surface area contributed by atoms with Gasteiger partial charge >= 0.3 is 0 Å². The number of hydrogen-bond acceptors (Lipinski definition) is 3. The number of nitrogens with one attached hydrogen (secondary N) is 2. The Bertz CT molecular complexity index is 657. The summed E-state index contributed by atoms with van der Waals surface area (Å²) in [7, 11) is 0. The molecule has 0 spiro atoms. The van der Waals surface area contributed by atoms with Crippen LogP contribution in [0, 0.1) is 5.92 Å². The number of carbonyl (C=O) groups excluding carboxylic acids is 1. The van der Waals surface area contributed by atoms with E-state index in [1.54, 1.807) is 0 Å². The number of anilines is 1. The average Bonchev–Trinajstić information content (AvgIpc) is 3.16. The number of carbonyl (C=O) groups is 1. The molecule has 0 aliphatic carbocycles. The van der Waals surface area contributed by atoms with Crippen LogP contribution < -0.4 is 15.5 Å². The summed E-state index contributed by atoms with van der Waals surface area (Å²) in [6, 6.07) is 8.23. The maximum atomic E-state index is 11.9. The maximum absolute atomic E-state index is 11.9. The highest BCUT2D eigenvalue weighted by molar-refractivity contribution is 5.95. The molecule has 2 aliphatic rings. The van der Waals surface area contributed by atoms with E-state index in [1.165, 1.54) is 25.9 Å². The number of benzene rings is 1. The van der Waals surface area contributed by atoms with Crippen LogP contribution in [-0.2, 0) is 11.3 Å². The number of likely N-dealkylation sites (tertiary alicyclic amines) is 1. The van der Waals surface area contributed by atoms with E-state index >= 15 is 0 Å². The van der Waals surface area contributed by atoms with Gasteiger partial charge < -0.3 is 20.4 Å². The van der Waals surface area contributed by atoms with Crippen LogP contribution in [0.1, 0.15) is 45.1 Å². The smallest absolute Gasteiger partial charge is 0.227 e. The highest BCUT2D eigenvalue weighted by atomic mass is 16.2. The van der Waals surface area contributed by atoms with Crippen molar-refractivity contribution in [3.63, 3.8) is 0 Å². The van der Waals surface area contributed by atoms with Crippen LogP contribution in [0.25, 0.3) is 0 Å². The summed E-state index contributed by atoms with van der Waals surface area (Å²) < 4.78 is 0. The molecule has 2 fully saturated rings. The van der Waals surface area contributed by atoms with Crippen molar-refractivity contribution >= 4 is 17.6 Å². The molecular formula is C22H35N5O. The molecule has 2 heterocycles. The Hall–Kier alpha value is -2.08. The summed E-state index contributed by atoms with van der Waals surface area (Å²) in [6.45, 7) is 11.2. The number of amides is 1. The minimum atomic E-state index is 0.230. The van der Waals surface area contributed by atoms with Crippen molar-refractivity contribution in [1.29, 1.82) is 0 Å². The van der Waals surface area contributed by atoms with Crippen LogP contribution in [0.4, 0.5) is 5.69 Å². The molecule has 1 aromatic carbocycles. The third-order valence-electron chi connectivity index (χ3n) is 5.69. The highest BCUT2D eigenvalue weighted by Crippen LogP contribution is 2.21. The minimum Gasteiger partial charge on any atom is -0.357 e. The molecule has 0 saturated carbocycles. The molecule has 28 heavy (non-hydrogen) atoms. The van der Waals surface area contributed by atoms with Crippen molar-refractivity contribution in [1.82, 2.24) is 15.5 Å². The van der Waals surface area contributed by atoms with Crippen LogP contribution >= 0.6 is 0 Å². The van der Waals surface area contributed by atoms with Gasteiger partial charge in [-0.05, 0) is 62.9 Å². The summed E-state index contributed by atoms with van der Waals surface area (Å²) in [5, 5.41) is 6.88. The first-order valence-corrected chi connectivity index (χ1v) is 10.8. The molecule has 1 amide bonds. The lowest BCUT2D eigenvalue weighted by Gasteiger charge is -2.32. The van der Waals surface area contributed by atoms with Gasteiger partial charge in [0.2, 0.25) is 5.91 Å². The van der Waals surface area contributed by atoms with Crippen LogP contribution in [0.2, 0.25) is 0 Å². The average molecular weight is 386 g/mol. The predicted molar refractivity (Wildman–Crippen MR) is 116 cm³/mol. The summed E-state index contributed by atoms with van der Waals surface area (Å²) in [5.41, 5.74) is 2.15. The molecule has 0 radical (unpaired) electrons. The number of piperidine rings is 1. The van der Waals surface area contributed by atoms with Gasteiger partial charge in [-0.2, -0.15) is 0 Å². The fourth-order valence-corrected chi connectivity index (χ4v) is 4.06. The van der Waals surface area contributed by atoms with Crippen LogP contribution in [-0.4, -0.2) is 56.0 Å². The van der Waals surface area contributed by atoms with Crippen molar-refractivity contribution in [2.75, 3.05) is 44.2 Å². The Morgan fingerprint density at radius 3 is 2.64 bits per heavy atom. The van der Waals surface area contributed by atoms with E-state index in [4.69, 9.17) is 4.99 Å². The van der Waals surface area contributed by atoms with Gasteiger partial charge in [0.15, 0.2) is 5.96 Å². The first-order chi connectivity index (χ1) is 13.7. The molecule has 2 saturated heterocycles. The van der Waals surface area contributed by atoms with Crippen LogP contribution in [0.15, 0.2) is 29.3 Å². The summed E-state index contributed by atoms with van der Waals surface area (Å²) in [5.74, 6) is 1.80. The molecule has 0 aromatic heterocycles. The zero-order valence-corrected chi connectivity index (χ0v) is 17.4. The largest absolute Gasteiger partial charge is 0.357 e. The SMILES string of the molecule is CCNC(=NCc1ccc(N2CCCC2=O)cc1)NCC1CCCN(CC)C1. The van der Waals surface area contributed by atoms with Crippen molar-refractivity contribution in [2.24, 2.45) is 10.9 Å². The minimum absolute atomic E-state index is 0.230. The summed E-state index contributed by atoms with van der Waals surface area (Å²) in [4.78, 5) is 21.0. The van der Waals surface area contributed by atoms with Gasteiger partial charge in [-0.15, -0.1) is 0 Å². The molecule has 1 atom stereocenters. The maximum Gasteiger partial charge on any atom is 0.227 e. The Balaban J connectivity index is 1.52. The third kappa shape index (κ3) is 5.71. The highest BCUT2D eigenvalue weighted by Gasteiger charge is 2.21. The molecular weight excluding hydrogens is 350 g/mol. The zero-order chi connectivity index (χ0) is 19.8. The van der Waals surface area contributed by atoms with E-state index in [9.17, 15) is 4.79 Å². The second-order valence-electron chi connectivity index (χ2n) is 7.79. The van der Waals surface area contributed by atoms with Gasteiger partial charge in [0.05, 0.1) is 6.54 Å². The van der Waals surface area contributed by atoms with Crippen molar-refractivity contribution in [3.8, 4) is 0 Å². The van der Waals surface area contributed by atoms with Crippen LogP contribution in [0.3, 0.4) is 0 Å². The second-order valence-corrected chi connectivity index (χ2v) is 7.79. The lowest BCUT2D eigenvalue weighted by Crippen LogP contribution is -2.44. The molecule has 6 heteroatoms. The quantitative estimate of drug-likeness (QED) is 0.560. The summed E-state index contributed by atoms with van der Waals surface area (Å²) >= 11 is 0. The monoisotopic (exact) mass is 385 g/mol. The number of nitrogens with zero attached hydrogens (tertiary/aromatic N) is 3. The Kier molecular flexibility index (Phi) is 7.71. The second kappa shape index (κ2) is 10.5. The zero-order valence-electron chi connectivity index (χ0n) is 17.4. The number of hydrogen-bond donors (Lipinski definition) is 2. The van der Waals surface area contributed by atoms with Gasteiger partial charge in [-0.1, -0.05) is 19.1 Å². The number of guanidine groups is 1. The standard InChI is InChI=1S/C22H35N5O/c1-3-23-22(25-16-19-7-5-13-26(4-2)17-19)24-15-18-9-11-20(12-10-18)27-14-6-8-21(27)28/h9-12,19H,3-8,13-17H2,1-2H3,(H2,23,24,25). The topological polar surface area (TPSA) is 60.0 Å². The predicted octanol–water partition coefficient (Wildman–Crippen LogP) is 2.60. The van der Waals surface area contributed by atoms with E-state index in [0.29, 0.717) is 18.9 Å². The van der Waals surface area contributed by atoms with Gasteiger partial charge in [0.1, 0.15) is 0 Å². The summed E-state index contributed by atoms with van der Waals surface area (Å²) in [6.07, 6.45) is 4.21. The Labute approximate surface area is 169 Å². The molecule has 154 valence electrons. The molecule has 0 bridgehead atoms. The first kappa shape index (κ1) is 20.6. The van der Waals surface area contributed by atoms with E-state index in [2.05, 4.69) is 41.5 Å². The van der Waals surface area contributed by atoms with Gasteiger partial charge in [0.25, 0.3) is 0 Å². The third-order valence-corrected chi connectivity index (χ3v) is 5.69. The van der Waals surface area contributed by atoms with Crippen molar-refractivity contribution in [2.45, 2.75) is 46.1 Å². The molecule has 1 unspecified atom stereocenters. The first-order valence-electron chi connectivity index (χ1n) is 10.8. The van der Waals surface area contributed by atoms with E-state index in [0.717, 1.165) is 49.8 Å². The molecule has 6 nitrogen and oxygen atoms in total. The normalized spacial score (nSPS) is 21.2. The Morgan fingerprint density at radius 2 is 1.96 bits per heavy atom. The van der Waals surface area contributed by atoms with Crippen molar-refractivity contribution in [3.05, 3.63) is 29.8 Å². The molecule has 1 aromatic rings. The fourth-order valence-electron chi connectivity index (χ4n) is 4.06. The fraction of sp³-hybridized carbons (Fsp3) is 0.636. The number of rotatable bonds is 7. The van der Waals surface area contributed by atoms with Gasteiger partial charge in [-0.3, -0.25) is 4.79 Å².